The third kappa shape index (κ3) is 7.30. The molecule has 1 aliphatic carbocycles. The molecule has 0 N–H and O–H groups in total. The van der Waals surface area contributed by atoms with Gasteiger partial charge in [0, 0.05) is 44.6 Å². The molecule has 0 fully saturated rings. The van der Waals surface area contributed by atoms with Gasteiger partial charge in [0.25, 0.3) is 6.71 Å². The van der Waals surface area contributed by atoms with Crippen LogP contribution in [0.25, 0.3) is 49.7 Å². The molecule has 77 heavy (non-hydrogen) atoms. The first-order chi connectivity index (χ1) is 36.5. The molecule has 0 saturated heterocycles. The largest absolute Gasteiger partial charge is 0.311 e. The number of aryl methyl sites for hydroxylation is 4. The molecule has 3 nitrogen and oxygen atoms in total. The van der Waals surface area contributed by atoms with E-state index in [1.54, 1.807) is 0 Å². The van der Waals surface area contributed by atoms with Gasteiger partial charge in [0.05, 0.1) is 22.4 Å². The van der Waals surface area contributed by atoms with E-state index < -0.39 is 0 Å². The SMILES string of the molecule is Cc1cccc(C)c1N1c2cc3c(cc2B2c4cc(C(C)(C)C)ccc4N(c4ccc(-c5cccc6c5-c5ccccc5C6(C)C)cc4)c4cc(C(C)(C)C)cc1c42)c1ccc(C(C)(C)C)cc1n3-c1c(C)cccc1C. The van der Waals surface area contributed by atoms with E-state index in [4.69, 9.17) is 0 Å². The molecule has 0 atom stereocenters. The Morgan fingerprint density at radius 3 is 1.58 bits per heavy atom. The second kappa shape index (κ2) is 16.7. The molecule has 0 unspecified atom stereocenters. The predicted molar refractivity (Wildman–Crippen MR) is 333 cm³/mol. The Labute approximate surface area is 458 Å². The Bertz CT molecular complexity index is 4080. The topological polar surface area (TPSA) is 11.4 Å². The summed E-state index contributed by atoms with van der Waals surface area (Å²) < 4.78 is 2.60. The molecule has 0 bridgehead atoms. The van der Waals surface area contributed by atoms with Crippen LogP contribution in [0.3, 0.4) is 0 Å². The zero-order valence-corrected chi connectivity index (χ0v) is 48.0. The van der Waals surface area contributed by atoms with Gasteiger partial charge in [-0.05, 0) is 175 Å². The summed E-state index contributed by atoms with van der Waals surface area (Å²) in [5.41, 5.74) is 31.9. The van der Waals surface area contributed by atoms with Crippen molar-refractivity contribution in [2.24, 2.45) is 0 Å². The first-order valence-electron chi connectivity index (χ1n) is 28.0. The van der Waals surface area contributed by atoms with E-state index in [-0.39, 0.29) is 28.4 Å². The fraction of sp³-hybridized carbons (Fsp3) is 0.260. The molecule has 0 amide bonds. The lowest BCUT2D eigenvalue weighted by Gasteiger charge is -2.46. The van der Waals surface area contributed by atoms with E-state index >= 15 is 0 Å². The third-order valence-electron chi connectivity index (χ3n) is 17.9. The van der Waals surface area contributed by atoms with Gasteiger partial charge in [0.1, 0.15) is 0 Å². The highest BCUT2D eigenvalue weighted by Crippen LogP contribution is 2.53. The Morgan fingerprint density at radius 2 is 0.935 bits per heavy atom. The van der Waals surface area contributed by atoms with Crippen molar-refractivity contribution >= 4 is 79.0 Å². The maximum Gasteiger partial charge on any atom is 0.252 e. The zero-order chi connectivity index (χ0) is 54.0. The van der Waals surface area contributed by atoms with Gasteiger partial charge < -0.3 is 14.4 Å². The van der Waals surface area contributed by atoms with Crippen molar-refractivity contribution < 1.29 is 0 Å². The highest BCUT2D eigenvalue weighted by molar-refractivity contribution is 7.00. The minimum absolute atomic E-state index is 0.0226. The van der Waals surface area contributed by atoms with Crippen LogP contribution in [0.4, 0.5) is 34.1 Å². The average Bonchev–Trinajstić information content (AvgIpc) is 4.00. The standard InChI is InChI=1S/C73H72BN3/c1-43-21-18-22-44(2)68(43)76-61-38-49(71(8,9)10)31-35-53(61)55-41-59-63(42-62(55)76)77(69-45(3)23-19-24-46(69)4)65-40-50(72(11,12)13)39-64-67(65)74(59)58-37-48(70(5,6)7)32-36-60(58)75(64)51-33-29-47(30-34-51)52-26-20-28-57-66(52)54-25-16-17-27-56(54)73(57,14)15/h16-42H,1-15H3. The average molecular weight is 1000 g/mol. The minimum atomic E-state index is -0.152. The lowest BCUT2D eigenvalue weighted by atomic mass is 9.33. The quantitative estimate of drug-likeness (QED) is 0.163. The van der Waals surface area contributed by atoms with Crippen LogP contribution in [0.15, 0.2) is 164 Å². The summed E-state index contributed by atoms with van der Waals surface area (Å²) in [4.78, 5) is 5.28. The lowest BCUT2D eigenvalue weighted by Crippen LogP contribution is -2.61. The number of benzene rings is 9. The second-order valence-corrected chi connectivity index (χ2v) is 26.5. The molecule has 0 spiro atoms. The van der Waals surface area contributed by atoms with Crippen molar-refractivity contribution in [3.63, 3.8) is 0 Å². The molecule has 2 aliphatic heterocycles. The first kappa shape index (κ1) is 49.0. The number of fused-ring (bicyclic) bond motifs is 10. The first-order valence-corrected chi connectivity index (χ1v) is 28.0. The van der Waals surface area contributed by atoms with Crippen LogP contribution >= 0.6 is 0 Å². The molecule has 9 aromatic carbocycles. The summed E-state index contributed by atoms with van der Waals surface area (Å²) in [6.45, 7) is 35.1. The van der Waals surface area contributed by atoms with E-state index in [1.165, 1.54) is 145 Å². The van der Waals surface area contributed by atoms with Crippen molar-refractivity contribution in [2.45, 2.75) is 126 Å². The van der Waals surface area contributed by atoms with Crippen molar-refractivity contribution in [3.05, 3.63) is 214 Å². The number of nitrogens with zero attached hydrogens (tertiary/aromatic N) is 3. The Hall–Kier alpha value is -7.56. The molecule has 3 aliphatic rings. The molecule has 4 heteroatoms. The fourth-order valence-corrected chi connectivity index (χ4v) is 13.7. The van der Waals surface area contributed by atoms with E-state index in [9.17, 15) is 0 Å². The number of hydrogen-bond donors (Lipinski definition) is 0. The van der Waals surface area contributed by atoms with Crippen molar-refractivity contribution in [1.29, 1.82) is 0 Å². The third-order valence-corrected chi connectivity index (χ3v) is 17.9. The molecule has 0 saturated carbocycles. The summed E-state index contributed by atoms with van der Waals surface area (Å²) in [6.07, 6.45) is 0. The van der Waals surface area contributed by atoms with Crippen LogP contribution in [0.1, 0.15) is 126 Å². The number of anilines is 6. The molecule has 13 rings (SSSR count). The molecule has 0 radical (unpaired) electrons. The van der Waals surface area contributed by atoms with E-state index in [1.807, 2.05) is 0 Å². The van der Waals surface area contributed by atoms with Crippen molar-refractivity contribution in [1.82, 2.24) is 4.57 Å². The van der Waals surface area contributed by atoms with Crippen molar-refractivity contribution in [2.75, 3.05) is 9.80 Å². The van der Waals surface area contributed by atoms with Gasteiger partial charge in [-0.3, -0.25) is 0 Å². The van der Waals surface area contributed by atoms with Crippen LogP contribution in [-0.4, -0.2) is 11.3 Å². The Kier molecular flexibility index (Phi) is 10.7. The molecule has 1 aromatic heterocycles. The lowest BCUT2D eigenvalue weighted by molar-refractivity contribution is 0.590. The van der Waals surface area contributed by atoms with E-state index in [0.717, 1.165) is 5.69 Å². The van der Waals surface area contributed by atoms with Crippen LogP contribution in [0, 0.1) is 27.7 Å². The highest BCUT2D eigenvalue weighted by Gasteiger charge is 2.46. The summed E-state index contributed by atoms with van der Waals surface area (Å²) >= 11 is 0. The van der Waals surface area contributed by atoms with E-state index in [0.29, 0.717) is 0 Å². The summed E-state index contributed by atoms with van der Waals surface area (Å²) in [5, 5.41) is 2.56. The van der Waals surface area contributed by atoms with Gasteiger partial charge in [0.2, 0.25) is 0 Å². The summed E-state index contributed by atoms with van der Waals surface area (Å²) in [6, 6.07) is 64.0. The summed E-state index contributed by atoms with van der Waals surface area (Å²) in [5.74, 6) is 0. The van der Waals surface area contributed by atoms with Crippen LogP contribution in [-0.2, 0) is 21.7 Å². The number of hydrogen-bond acceptors (Lipinski definition) is 2. The predicted octanol–water partition coefficient (Wildman–Crippen LogP) is 18.0. The van der Waals surface area contributed by atoms with E-state index in [2.05, 4.69) is 282 Å². The second-order valence-electron chi connectivity index (χ2n) is 26.5. The monoisotopic (exact) mass is 1000 g/mol. The number of para-hydroxylation sites is 2. The zero-order valence-electron chi connectivity index (χ0n) is 48.0. The minimum Gasteiger partial charge on any atom is -0.311 e. The molecular weight excluding hydrogens is 930 g/mol. The maximum atomic E-state index is 2.67. The maximum absolute atomic E-state index is 2.67. The van der Waals surface area contributed by atoms with Crippen LogP contribution < -0.4 is 26.2 Å². The molecule has 3 heterocycles. The van der Waals surface area contributed by atoms with Gasteiger partial charge in [0.15, 0.2) is 0 Å². The van der Waals surface area contributed by atoms with Crippen LogP contribution in [0.5, 0.6) is 0 Å². The van der Waals surface area contributed by atoms with Crippen molar-refractivity contribution in [3.8, 4) is 27.9 Å². The molecule has 382 valence electrons. The van der Waals surface area contributed by atoms with Gasteiger partial charge >= 0.3 is 0 Å². The number of aromatic nitrogens is 1. The normalized spacial score (nSPS) is 14.5. The number of rotatable bonds is 4. The van der Waals surface area contributed by atoms with Gasteiger partial charge in [-0.2, -0.15) is 0 Å². The Balaban J connectivity index is 1.12. The summed E-state index contributed by atoms with van der Waals surface area (Å²) in [7, 11) is 0. The Morgan fingerprint density at radius 1 is 0.403 bits per heavy atom. The smallest absolute Gasteiger partial charge is 0.252 e. The molecule has 10 aromatic rings. The van der Waals surface area contributed by atoms with Crippen LogP contribution in [0.2, 0.25) is 0 Å². The van der Waals surface area contributed by atoms with Gasteiger partial charge in [-0.15, -0.1) is 0 Å². The van der Waals surface area contributed by atoms with Gasteiger partial charge in [-0.1, -0.05) is 197 Å². The molecular formula is C73H72BN3. The fourth-order valence-electron chi connectivity index (χ4n) is 13.7. The van der Waals surface area contributed by atoms with Gasteiger partial charge in [-0.25, -0.2) is 0 Å². The highest BCUT2D eigenvalue weighted by atomic mass is 15.2.